The first-order valence-corrected chi connectivity index (χ1v) is 17.0. The Bertz CT molecular complexity index is 1440. The molecule has 6 rings (SSSR count). The summed E-state index contributed by atoms with van der Waals surface area (Å²) in [6, 6.07) is 25.8. The maximum atomic E-state index is 14.2. The number of likely N-dealkylation sites (tertiary alicyclic amines) is 1. The van der Waals surface area contributed by atoms with Gasteiger partial charge >= 0.3 is 0 Å². The Hall–Kier alpha value is -2.80. The highest BCUT2D eigenvalue weighted by Crippen LogP contribution is 2.55. The second-order valence-electron chi connectivity index (χ2n) is 12.9. The molecular weight excluding hydrogens is 574 g/mol. The van der Waals surface area contributed by atoms with Crippen molar-refractivity contribution in [2.24, 2.45) is 11.7 Å². The van der Waals surface area contributed by atoms with Crippen molar-refractivity contribution in [3.05, 3.63) is 106 Å². The highest BCUT2D eigenvalue weighted by atomic mass is 35.5. The lowest BCUT2D eigenvalue weighted by Crippen LogP contribution is -2.56. The molecule has 3 aromatic carbocycles. The summed E-state index contributed by atoms with van der Waals surface area (Å²) in [6.45, 7) is 5.82. The smallest absolute Gasteiger partial charge is 0.245 e. The molecule has 1 saturated carbocycles. The average molecular weight is 616 g/mol. The van der Waals surface area contributed by atoms with Gasteiger partial charge in [0.15, 0.2) is 0 Å². The number of thioether (sulfide) groups is 1. The molecule has 3 aliphatic rings. The molecule has 0 aromatic heterocycles. The van der Waals surface area contributed by atoms with Crippen molar-refractivity contribution in [1.29, 1.82) is 0 Å². The summed E-state index contributed by atoms with van der Waals surface area (Å²) >= 11 is 8.15. The Labute approximate surface area is 264 Å². The number of benzene rings is 3. The fourth-order valence-electron chi connectivity index (χ4n) is 7.63. The summed E-state index contributed by atoms with van der Waals surface area (Å²) in [6.07, 6.45) is 3.12. The molecule has 2 fully saturated rings. The van der Waals surface area contributed by atoms with E-state index in [0.717, 1.165) is 30.6 Å². The third-order valence-electron chi connectivity index (χ3n) is 10.00. The fourth-order valence-corrected chi connectivity index (χ4v) is 8.86. The van der Waals surface area contributed by atoms with Gasteiger partial charge in [0.25, 0.3) is 0 Å². The van der Waals surface area contributed by atoms with Crippen LogP contribution in [0.1, 0.15) is 67.2 Å². The summed E-state index contributed by atoms with van der Waals surface area (Å²) in [4.78, 5) is 30.1. The van der Waals surface area contributed by atoms with Crippen LogP contribution in [0.15, 0.2) is 78.9 Å². The van der Waals surface area contributed by atoms with E-state index in [4.69, 9.17) is 17.3 Å². The van der Waals surface area contributed by atoms with Crippen LogP contribution in [-0.4, -0.2) is 52.9 Å². The van der Waals surface area contributed by atoms with Gasteiger partial charge in [0.1, 0.15) is 6.04 Å². The Morgan fingerprint density at radius 3 is 2.23 bits per heavy atom. The number of carbonyl (C=O) groups is 2. The molecule has 4 unspecified atom stereocenters. The quantitative estimate of drug-likeness (QED) is 0.296. The number of hydrogen-bond donors (Lipinski definition) is 2. The molecule has 7 heteroatoms. The molecule has 1 aliphatic heterocycles. The lowest BCUT2D eigenvalue weighted by Gasteiger charge is -2.43. The van der Waals surface area contributed by atoms with E-state index >= 15 is 0 Å². The minimum absolute atomic E-state index is 0.0152. The largest absolute Gasteiger partial charge is 0.344 e. The number of halogens is 1. The van der Waals surface area contributed by atoms with Crippen LogP contribution in [0.2, 0.25) is 5.02 Å². The summed E-state index contributed by atoms with van der Waals surface area (Å²) in [5.74, 6) is 0.872. The van der Waals surface area contributed by atoms with E-state index in [1.165, 1.54) is 16.7 Å². The number of nitrogens with one attached hydrogen (secondary N) is 1. The number of carbonyl (C=O) groups excluding carboxylic acids is 2. The van der Waals surface area contributed by atoms with Gasteiger partial charge in [0, 0.05) is 47.7 Å². The van der Waals surface area contributed by atoms with Gasteiger partial charge < -0.3 is 16.0 Å². The second kappa shape index (κ2) is 12.7. The number of piperidine rings is 1. The third-order valence-corrected chi connectivity index (χ3v) is 11.6. The minimum atomic E-state index is -0.662. The van der Waals surface area contributed by atoms with E-state index in [0.29, 0.717) is 29.8 Å². The zero-order valence-electron chi connectivity index (χ0n) is 25.0. The van der Waals surface area contributed by atoms with E-state index in [9.17, 15) is 9.59 Å². The maximum Gasteiger partial charge on any atom is 0.245 e. The lowest BCUT2D eigenvalue weighted by molar-refractivity contribution is -0.138. The van der Waals surface area contributed by atoms with E-state index in [1.54, 1.807) is 0 Å². The number of amides is 2. The maximum absolute atomic E-state index is 14.2. The van der Waals surface area contributed by atoms with E-state index in [1.807, 2.05) is 47.0 Å². The van der Waals surface area contributed by atoms with Gasteiger partial charge in [-0.15, -0.1) is 0 Å². The first-order chi connectivity index (χ1) is 20.8. The Morgan fingerprint density at radius 1 is 0.953 bits per heavy atom. The van der Waals surface area contributed by atoms with Gasteiger partial charge in [-0.3, -0.25) is 9.59 Å². The Balaban J connectivity index is 1.20. The van der Waals surface area contributed by atoms with Gasteiger partial charge in [0.2, 0.25) is 11.8 Å². The van der Waals surface area contributed by atoms with Crippen LogP contribution in [0.4, 0.5) is 0 Å². The van der Waals surface area contributed by atoms with Gasteiger partial charge in [-0.05, 0) is 64.8 Å². The molecule has 5 nitrogen and oxygen atoms in total. The first-order valence-electron chi connectivity index (χ1n) is 15.6. The van der Waals surface area contributed by atoms with Crippen molar-refractivity contribution in [1.82, 2.24) is 10.2 Å². The van der Waals surface area contributed by atoms with E-state index in [-0.39, 0.29) is 41.0 Å². The van der Waals surface area contributed by atoms with Crippen LogP contribution >= 0.6 is 23.4 Å². The molecule has 43 heavy (non-hydrogen) atoms. The monoisotopic (exact) mass is 615 g/mol. The number of rotatable bonds is 9. The van der Waals surface area contributed by atoms with Gasteiger partial charge in [-0.2, -0.15) is 11.8 Å². The van der Waals surface area contributed by atoms with Gasteiger partial charge in [-0.25, -0.2) is 0 Å². The Kier molecular flexibility index (Phi) is 8.91. The van der Waals surface area contributed by atoms with Crippen LogP contribution in [0.5, 0.6) is 0 Å². The molecule has 3 aromatic rings. The first kappa shape index (κ1) is 30.2. The molecule has 3 N–H and O–H groups in total. The van der Waals surface area contributed by atoms with Crippen molar-refractivity contribution in [2.75, 3.05) is 18.8 Å². The van der Waals surface area contributed by atoms with Gasteiger partial charge in [0.05, 0.1) is 5.92 Å². The second-order valence-corrected chi connectivity index (χ2v) is 14.9. The highest BCUT2D eigenvalue weighted by molar-refractivity contribution is 7.99. The predicted molar refractivity (Wildman–Crippen MR) is 177 cm³/mol. The summed E-state index contributed by atoms with van der Waals surface area (Å²) in [5.41, 5.74) is 11.6. The van der Waals surface area contributed by atoms with Crippen molar-refractivity contribution in [2.45, 2.75) is 74.1 Å². The van der Waals surface area contributed by atoms with Crippen molar-refractivity contribution in [3.8, 4) is 0 Å². The molecule has 226 valence electrons. The molecule has 5 atom stereocenters. The molecule has 1 heterocycles. The fraction of sp³-hybridized carbons (Fsp3) is 0.444. The summed E-state index contributed by atoms with van der Waals surface area (Å²) in [5, 5.41) is 4.40. The van der Waals surface area contributed by atoms with Crippen LogP contribution in [0.3, 0.4) is 0 Å². The summed E-state index contributed by atoms with van der Waals surface area (Å²) < 4.78 is 0. The minimum Gasteiger partial charge on any atom is -0.344 e. The molecule has 2 amide bonds. The number of nitrogens with zero attached hydrogens (tertiary/aromatic N) is 1. The summed E-state index contributed by atoms with van der Waals surface area (Å²) in [7, 11) is 0. The lowest BCUT2D eigenvalue weighted by atomic mass is 9.74. The van der Waals surface area contributed by atoms with Crippen molar-refractivity contribution >= 4 is 35.2 Å². The highest BCUT2D eigenvalue weighted by Gasteiger charge is 2.52. The van der Waals surface area contributed by atoms with Crippen molar-refractivity contribution < 1.29 is 9.59 Å². The van der Waals surface area contributed by atoms with Crippen molar-refractivity contribution in [3.63, 3.8) is 0 Å². The normalized spacial score (nSPS) is 24.5. The van der Waals surface area contributed by atoms with E-state index in [2.05, 4.69) is 67.7 Å². The zero-order chi connectivity index (χ0) is 30.1. The SMILES string of the molecule is CC(C)SCC1(c2ccccc2)CCN(C(=O)[C@@H](Cc2ccc(Cl)cc2)NC(=O)C2C3CC(c4ccccc43)C2N)CC1. The number of fused-ring (bicyclic) bond motifs is 5. The standard InChI is InChI=1S/C36H42ClN3O2S/c1-23(2)43-22-36(25-8-4-3-5-9-25)16-18-40(19-17-36)35(42)31(20-24-12-14-26(37)15-13-24)39-34(41)32-29-21-30(33(32)38)28-11-7-6-10-27(28)29/h3-15,23,29-33H,16-22,38H2,1-2H3,(H,39,41)/t29?,30?,31-,32?,33?/m1/s1. The number of nitrogens with two attached hydrogens (primary N) is 1. The number of hydrogen-bond acceptors (Lipinski definition) is 4. The zero-order valence-corrected chi connectivity index (χ0v) is 26.6. The van der Waals surface area contributed by atoms with Crippen LogP contribution in [-0.2, 0) is 21.4 Å². The molecule has 2 aliphatic carbocycles. The molecule has 0 radical (unpaired) electrons. The third kappa shape index (κ3) is 6.11. The van der Waals surface area contributed by atoms with Gasteiger partial charge in [-0.1, -0.05) is 92.2 Å². The predicted octanol–water partition coefficient (Wildman–Crippen LogP) is 6.30. The van der Waals surface area contributed by atoms with Crippen LogP contribution < -0.4 is 11.1 Å². The van der Waals surface area contributed by atoms with Crippen LogP contribution in [0, 0.1) is 5.92 Å². The topological polar surface area (TPSA) is 75.4 Å². The molecular formula is C36H42ClN3O2S. The van der Waals surface area contributed by atoms with E-state index < -0.39 is 6.04 Å². The van der Waals surface area contributed by atoms with Crippen LogP contribution in [0.25, 0.3) is 0 Å². The Morgan fingerprint density at radius 2 is 1.58 bits per heavy atom. The molecule has 0 spiro atoms. The average Bonchev–Trinajstić information content (AvgIpc) is 3.57. The molecule has 1 saturated heterocycles. The molecule has 2 bridgehead atoms.